The van der Waals surface area contributed by atoms with Crippen LogP contribution < -0.4 is 10.2 Å². The van der Waals surface area contributed by atoms with Crippen LogP contribution in [0.15, 0.2) is 77.8 Å². The highest BCUT2D eigenvalue weighted by Crippen LogP contribution is 2.51. The number of aliphatic imine (C=N–C) groups is 1. The molecule has 4 aromatic carbocycles. The van der Waals surface area contributed by atoms with Crippen LogP contribution in [0.1, 0.15) is 45.5 Å². The van der Waals surface area contributed by atoms with Crippen LogP contribution in [-0.4, -0.2) is 50.2 Å². The molecule has 1 aliphatic carbocycles. The average molecular weight is 519 g/mol. The molecule has 1 saturated heterocycles. The zero-order valence-electron chi connectivity index (χ0n) is 22.1. The van der Waals surface area contributed by atoms with E-state index in [0.29, 0.717) is 5.69 Å². The highest BCUT2D eigenvalue weighted by atomic mass is 19.1. The van der Waals surface area contributed by atoms with Gasteiger partial charge >= 0.3 is 0 Å². The molecule has 0 atom stereocenters. The number of rotatable bonds is 6. The predicted octanol–water partition coefficient (Wildman–Crippen LogP) is 6.00. The lowest BCUT2D eigenvalue weighted by molar-refractivity contribution is 0.103. The molecule has 0 aromatic heterocycles. The lowest BCUT2D eigenvalue weighted by Gasteiger charge is -2.41. The van der Waals surface area contributed by atoms with Gasteiger partial charge in [-0.15, -0.1) is 0 Å². The second-order valence-corrected chi connectivity index (χ2v) is 10.9. The molecule has 1 saturated carbocycles. The Morgan fingerprint density at radius 3 is 2.49 bits per heavy atom. The first-order valence-corrected chi connectivity index (χ1v) is 13.7. The molecule has 7 rings (SSSR count). The molecule has 0 radical (unpaired) electrons. The van der Waals surface area contributed by atoms with Gasteiger partial charge in [0.05, 0.1) is 5.69 Å². The third-order valence-electron chi connectivity index (χ3n) is 8.71. The minimum Gasteiger partial charge on any atom is -0.367 e. The third-order valence-corrected chi connectivity index (χ3v) is 8.71. The zero-order chi connectivity index (χ0) is 26.6. The number of piperazine rings is 1. The van der Waals surface area contributed by atoms with Crippen molar-refractivity contribution in [3.05, 3.63) is 106 Å². The molecule has 196 valence electrons. The largest absolute Gasteiger partial charge is 0.367 e. The van der Waals surface area contributed by atoms with Crippen molar-refractivity contribution >= 4 is 34.3 Å². The van der Waals surface area contributed by atoms with Gasteiger partial charge in [-0.05, 0) is 71.2 Å². The van der Waals surface area contributed by atoms with Gasteiger partial charge in [0.1, 0.15) is 5.82 Å². The number of amides is 1. The van der Waals surface area contributed by atoms with Crippen LogP contribution in [0.3, 0.4) is 0 Å². The Kier molecular flexibility index (Phi) is 5.74. The Balaban J connectivity index is 1.05. The molecule has 4 aromatic rings. The van der Waals surface area contributed by atoms with E-state index in [9.17, 15) is 9.18 Å². The van der Waals surface area contributed by atoms with Crippen molar-refractivity contribution in [2.75, 3.05) is 43.4 Å². The fourth-order valence-electron chi connectivity index (χ4n) is 6.55. The number of nitrogens with zero attached hydrogens (tertiary/aromatic N) is 3. The van der Waals surface area contributed by atoms with Crippen LogP contribution in [0.25, 0.3) is 10.8 Å². The second-order valence-electron chi connectivity index (χ2n) is 10.9. The summed E-state index contributed by atoms with van der Waals surface area (Å²) in [5.41, 5.74) is 7.14. The summed E-state index contributed by atoms with van der Waals surface area (Å²) >= 11 is 0. The van der Waals surface area contributed by atoms with Gasteiger partial charge in [-0.3, -0.25) is 14.7 Å². The lowest BCUT2D eigenvalue weighted by atomic mass is 9.94. The molecule has 2 heterocycles. The number of carbonyl (C=O) groups excluding carboxylic acids is 1. The highest BCUT2D eigenvalue weighted by molar-refractivity contribution is 6.24. The fourth-order valence-corrected chi connectivity index (χ4v) is 6.55. The van der Waals surface area contributed by atoms with Crippen LogP contribution >= 0.6 is 0 Å². The summed E-state index contributed by atoms with van der Waals surface area (Å²) in [6, 6.07) is 24.6. The SMILES string of the molecule is CN=Cc1ccc(N2CCN(C3(c4ccc(Cc5ccc6c7c(cccc57)C(=O)N6)cc4)CC3)CC2)c(F)c1. The number of halogens is 1. The van der Waals surface area contributed by atoms with Crippen LogP contribution in [0, 0.1) is 5.82 Å². The Hall–Kier alpha value is -4.03. The molecule has 2 fully saturated rings. The van der Waals surface area contributed by atoms with Crippen molar-refractivity contribution in [1.29, 1.82) is 0 Å². The van der Waals surface area contributed by atoms with Crippen molar-refractivity contribution in [3.8, 4) is 0 Å². The molecule has 2 aliphatic heterocycles. The minimum absolute atomic E-state index is 0.0161. The Morgan fingerprint density at radius 1 is 0.974 bits per heavy atom. The summed E-state index contributed by atoms with van der Waals surface area (Å²) in [4.78, 5) is 21.0. The average Bonchev–Trinajstić information content (AvgIpc) is 3.70. The maximum atomic E-state index is 14.8. The molecule has 1 N–H and O–H groups in total. The van der Waals surface area contributed by atoms with E-state index in [4.69, 9.17) is 0 Å². The number of carbonyl (C=O) groups is 1. The molecule has 1 amide bonds. The number of hydrogen-bond acceptors (Lipinski definition) is 4. The smallest absolute Gasteiger partial charge is 0.256 e. The quantitative estimate of drug-likeness (QED) is 0.319. The number of nitrogens with one attached hydrogen (secondary N) is 1. The number of hydrogen-bond donors (Lipinski definition) is 1. The van der Waals surface area contributed by atoms with Gasteiger partial charge in [-0.25, -0.2) is 4.39 Å². The highest BCUT2D eigenvalue weighted by Gasteiger charge is 2.49. The summed E-state index contributed by atoms with van der Waals surface area (Å²) in [6.45, 7) is 3.49. The van der Waals surface area contributed by atoms with Gasteiger partial charge in [-0.2, -0.15) is 0 Å². The Bertz CT molecular complexity index is 1620. The lowest BCUT2D eigenvalue weighted by Crippen LogP contribution is -2.50. The third kappa shape index (κ3) is 4.10. The van der Waals surface area contributed by atoms with E-state index >= 15 is 0 Å². The van der Waals surface area contributed by atoms with E-state index in [2.05, 4.69) is 56.5 Å². The van der Waals surface area contributed by atoms with Crippen LogP contribution in [0.4, 0.5) is 15.8 Å². The van der Waals surface area contributed by atoms with Crippen molar-refractivity contribution < 1.29 is 9.18 Å². The summed E-state index contributed by atoms with van der Waals surface area (Å²) in [5.74, 6) is -0.196. The molecular formula is C33H31FN4O. The van der Waals surface area contributed by atoms with E-state index < -0.39 is 0 Å². The van der Waals surface area contributed by atoms with Crippen molar-refractivity contribution in [2.45, 2.75) is 24.8 Å². The maximum Gasteiger partial charge on any atom is 0.256 e. The molecule has 6 heteroatoms. The first-order chi connectivity index (χ1) is 19.1. The van der Waals surface area contributed by atoms with Crippen molar-refractivity contribution in [1.82, 2.24) is 4.90 Å². The van der Waals surface area contributed by atoms with Crippen molar-refractivity contribution in [3.63, 3.8) is 0 Å². The molecule has 0 bridgehead atoms. The molecule has 39 heavy (non-hydrogen) atoms. The molecule has 3 aliphatic rings. The normalized spacial score (nSPS) is 18.2. The topological polar surface area (TPSA) is 47.9 Å². The van der Waals surface area contributed by atoms with E-state index in [1.54, 1.807) is 19.3 Å². The van der Waals surface area contributed by atoms with Gasteiger partial charge in [0, 0.05) is 61.6 Å². The summed E-state index contributed by atoms with van der Waals surface area (Å²) in [5, 5.41) is 5.16. The number of benzene rings is 4. The summed E-state index contributed by atoms with van der Waals surface area (Å²) < 4.78 is 14.8. The molecule has 5 nitrogen and oxygen atoms in total. The van der Waals surface area contributed by atoms with E-state index in [1.807, 2.05) is 30.3 Å². The van der Waals surface area contributed by atoms with Gasteiger partial charge in [0.25, 0.3) is 5.91 Å². The van der Waals surface area contributed by atoms with E-state index in [1.165, 1.54) is 29.5 Å². The second kappa shape index (κ2) is 9.31. The first-order valence-electron chi connectivity index (χ1n) is 13.7. The van der Waals surface area contributed by atoms with Gasteiger partial charge in [-0.1, -0.05) is 48.5 Å². The maximum absolute atomic E-state index is 14.8. The standard InChI is InChI=1S/C33H31FN4O/c1-35-21-23-7-12-30(28(34)20-23)37-15-17-38(18-16-37)33(13-14-33)25-9-5-22(6-10-25)19-24-8-11-29-31-26(24)3-2-4-27(31)32(39)36-29/h2-12,20-21H,13-19H2,1H3,(H,36,39). The van der Waals surface area contributed by atoms with Crippen LogP contribution in [0.2, 0.25) is 0 Å². The van der Waals surface area contributed by atoms with E-state index in [0.717, 1.165) is 60.2 Å². The molecule has 0 spiro atoms. The number of anilines is 2. The minimum atomic E-state index is -0.180. The van der Waals surface area contributed by atoms with Gasteiger partial charge in [0.2, 0.25) is 0 Å². The fraction of sp³-hybridized carbons (Fsp3) is 0.273. The summed E-state index contributed by atoms with van der Waals surface area (Å²) in [7, 11) is 1.70. The predicted molar refractivity (Wildman–Crippen MR) is 156 cm³/mol. The van der Waals surface area contributed by atoms with Gasteiger partial charge in [0.15, 0.2) is 0 Å². The van der Waals surface area contributed by atoms with E-state index in [-0.39, 0.29) is 17.3 Å². The van der Waals surface area contributed by atoms with Crippen LogP contribution in [0.5, 0.6) is 0 Å². The summed E-state index contributed by atoms with van der Waals surface area (Å²) in [6.07, 6.45) is 4.84. The monoisotopic (exact) mass is 518 g/mol. The van der Waals surface area contributed by atoms with Crippen LogP contribution in [-0.2, 0) is 12.0 Å². The first kappa shape index (κ1) is 24.0. The molecular weight excluding hydrogens is 487 g/mol. The zero-order valence-corrected chi connectivity index (χ0v) is 22.1. The Morgan fingerprint density at radius 2 is 1.77 bits per heavy atom. The Labute approximate surface area is 228 Å². The van der Waals surface area contributed by atoms with Crippen molar-refractivity contribution in [2.24, 2.45) is 4.99 Å². The van der Waals surface area contributed by atoms with Gasteiger partial charge < -0.3 is 10.2 Å². The molecule has 0 unspecified atom stereocenters.